The van der Waals surface area contributed by atoms with Gasteiger partial charge < -0.3 is 10.0 Å². The Kier molecular flexibility index (Phi) is 3.98. The highest BCUT2D eigenvalue weighted by Crippen LogP contribution is 2.52. The molecule has 2 unspecified atom stereocenters. The largest absolute Gasteiger partial charge is 0.390 e. The number of hydrogen-bond acceptors (Lipinski definition) is 7. The second-order valence-electron chi connectivity index (χ2n) is 10.2. The van der Waals surface area contributed by atoms with Gasteiger partial charge in [0.2, 0.25) is 0 Å². The molecule has 4 bridgehead atoms. The molecule has 0 radical (unpaired) electrons. The standard InChI is InChI=1S/C25H24N8O/c1-31-13-18(10-29-31)16-4-21(24-17(8-26)9-30-32(24)14-16)22-11-28-23(12-27-22)33-19-2-15-3-20(33)7-25(34,5-15)6-19/h4,9-15,19-20,34H,2-3,5-7H2,1H3/t15?,19-,20+,25?. The number of rotatable bonds is 3. The number of aromatic nitrogens is 6. The molecule has 34 heavy (non-hydrogen) atoms. The fourth-order valence-corrected chi connectivity index (χ4v) is 6.68. The molecule has 9 nitrogen and oxygen atoms in total. The molecule has 2 saturated carbocycles. The molecular weight excluding hydrogens is 428 g/mol. The van der Waals surface area contributed by atoms with Gasteiger partial charge in [0, 0.05) is 48.2 Å². The smallest absolute Gasteiger partial charge is 0.147 e. The van der Waals surface area contributed by atoms with Crippen LogP contribution in [0.5, 0.6) is 0 Å². The summed E-state index contributed by atoms with van der Waals surface area (Å²) in [6, 6.07) is 4.93. The van der Waals surface area contributed by atoms with E-state index in [4.69, 9.17) is 9.97 Å². The molecule has 4 atom stereocenters. The Bertz CT molecular complexity index is 1450. The number of pyridine rings is 1. The summed E-state index contributed by atoms with van der Waals surface area (Å²) in [6.07, 6.45) is 15.7. The third-order valence-electron chi connectivity index (χ3n) is 7.85. The van der Waals surface area contributed by atoms with Crippen molar-refractivity contribution in [3.8, 4) is 28.5 Å². The summed E-state index contributed by atoms with van der Waals surface area (Å²) in [7, 11) is 1.88. The summed E-state index contributed by atoms with van der Waals surface area (Å²) < 4.78 is 3.49. The lowest BCUT2D eigenvalue weighted by molar-refractivity contribution is -0.0872. The number of nitriles is 1. The molecule has 9 heteroatoms. The molecule has 6 heterocycles. The van der Waals surface area contributed by atoms with Crippen LogP contribution >= 0.6 is 0 Å². The van der Waals surface area contributed by atoms with Gasteiger partial charge in [-0.3, -0.25) is 9.67 Å². The van der Waals surface area contributed by atoms with Crippen molar-refractivity contribution in [3.05, 3.63) is 48.8 Å². The quantitative estimate of drug-likeness (QED) is 0.509. The highest BCUT2D eigenvalue weighted by molar-refractivity contribution is 5.86. The third-order valence-corrected chi connectivity index (χ3v) is 7.85. The molecule has 2 aliphatic carbocycles. The Hall–Kier alpha value is -3.77. The van der Waals surface area contributed by atoms with Gasteiger partial charge in [-0.1, -0.05) is 0 Å². The zero-order chi connectivity index (χ0) is 23.0. The molecule has 4 fully saturated rings. The van der Waals surface area contributed by atoms with E-state index >= 15 is 0 Å². The maximum Gasteiger partial charge on any atom is 0.147 e. The van der Waals surface area contributed by atoms with Gasteiger partial charge in [-0.15, -0.1) is 0 Å². The molecule has 2 saturated heterocycles. The minimum absolute atomic E-state index is 0.331. The van der Waals surface area contributed by atoms with E-state index in [1.165, 1.54) is 0 Å². The van der Waals surface area contributed by atoms with E-state index in [-0.39, 0.29) is 0 Å². The molecule has 4 aromatic rings. The van der Waals surface area contributed by atoms with Crippen LogP contribution in [0.15, 0.2) is 43.2 Å². The van der Waals surface area contributed by atoms with Crippen LogP contribution in [-0.4, -0.2) is 52.2 Å². The fourth-order valence-electron chi connectivity index (χ4n) is 6.68. The van der Waals surface area contributed by atoms with Gasteiger partial charge in [-0.2, -0.15) is 15.5 Å². The summed E-state index contributed by atoms with van der Waals surface area (Å²) in [5.41, 5.74) is 4.12. The van der Waals surface area contributed by atoms with Crippen molar-refractivity contribution in [2.45, 2.75) is 49.8 Å². The predicted octanol–water partition coefficient (Wildman–Crippen LogP) is 2.95. The van der Waals surface area contributed by atoms with E-state index in [9.17, 15) is 10.4 Å². The van der Waals surface area contributed by atoms with Crippen LogP contribution in [0, 0.1) is 17.2 Å². The van der Waals surface area contributed by atoms with Gasteiger partial charge >= 0.3 is 0 Å². The van der Waals surface area contributed by atoms with Crippen LogP contribution in [0.2, 0.25) is 0 Å². The Morgan fingerprint density at radius 1 is 1.00 bits per heavy atom. The number of fused-ring (bicyclic) bond motifs is 1. The van der Waals surface area contributed by atoms with Gasteiger partial charge in [0.1, 0.15) is 11.9 Å². The highest BCUT2D eigenvalue weighted by atomic mass is 16.3. The first-order valence-corrected chi connectivity index (χ1v) is 11.7. The fraction of sp³-hybridized carbons (Fsp3) is 0.400. The van der Waals surface area contributed by atoms with Gasteiger partial charge in [-0.05, 0) is 44.1 Å². The molecular formula is C25H24N8O. The minimum Gasteiger partial charge on any atom is -0.390 e. The Balaban J connectivity index is 1.30. The first kappa shape index (κ1) is 19.7. The van der Waals surface area contributed by atoms with E-state index in [1.54, 1.807) is 21.6 Å². The van der Waals surface area contributed by atoms with Crippen LogP contribution in [0.4, 0.5) is 5.82 Å². The van der Waals surface area contributed by atoms with Crippen molar-refractivity contribution in [2.24, 2.45) is 13.0 Å². The average Bonchev–Trinajstić information content (AvgIpc) is 3.43. The highest BCUT2D eigenvalue weighted by Gasteiger charge is 2.54. The van der Waals surface area contributed by atoms with Crippen LogP contribution in [-0.2, 0) is 7.05 Å². The molecule has 0 aromatic carbocycles. The van der Waals surface area contributed by atoms with E-state index in [1.807, 2.05) is 37.9 Å². The van der Waals surface area contributed by atoms with E-state index in [0.29, 0.717) is 34.8 Å². The van der Waals surface area contributed by atoms with Gasteiger partial charge in [0.05, 0.1) is 47.2 Å². The number of aryl methyl sites for hydroxylation is 1. The molecule has 4 aromatic heterocycles. The van der Waals surface area contributed by atoms with Gasteiger partial charge in [0.25, 0.3) is 0 Å². The minimum atomic E-state index is -0.492. The lowest BCUT2D eigenvalue weighted by atomic mass is 9.61. The monoisotopic (exact) mass is 452 g/mol. The molecule has 0 spiro atoms. The van der Waals surface area contributed by atoms with Crippen molar-refractivity contribution in [1.82, 2.24) is 29.4 Å². The Morgan fingerprint density at radius 2 is 1.82 bits per heavy atom. The number of anilines is 1. The third kappa shape index (κ3) is 2.88. The predicted molar refractivity (Wildman–Crippen MR) is 125 cm³/mol. The lowest BCUT2D eigenvalue weighted by Gasteiger charge is -2.60. The molecule has 1 N–H and O–H groups in total. The van der Waals surface area contributed by atoms with Crippen LogP contribution in [0.1, 0.15) is 37.7 Å². The van der Waals surface area contributed by atoms with Crippen molar-refractivity contribution in [1.29, 1.82) is 5.26 Å². The summed E-state index contributed by atoms with van der Waals surface area (Å²) >= 11 is 0. The zero-order valence-electron chi connectivity index (χ0n) is 18.8. The molecule has 8 rings (SSSR count). The van der Waals surface area contributed by atoms with Crippen molar-refractivity contribution in [3.63, 3.8) is 0 Å². The first-order chi connectivity index (χ1) is 16.5. The first-order valence-electron chi connectivity index (χ1n) is 11.7. The Morgan fingerprint density at radius 3 is 2.47 bits per heavy atom. The van der Waals surface area contributed by atoms with Crippen LogP contribution in [0.25, 0.3) is 27.9 Å². The molecule has 170 valence electrons. The number of aliphatic hydroxyl groups is 1. The second-order valence-corrected chi connectivity index (χ2v) is 10.2. The summed E-state index contributed by atoms with van der Waals surface area (Å²) in [4.78, 5) is 12.0. The topological polar surface area (TPSA) is 108 Å². The van der Waals surface area contributed by atoms with Crippen LogP contribution < -0.4 is 4.90 Å². The van der Waals surface area contributed by atoms with Crippen molar-refractivity contribution < 1.29 is 5.11 Å². The number of nitrogens with zero attached hydrogens (tertiary/aromatic N) is 8. The maximum absolute atomic E-state index is 10.9. The Labute approximate surface area is 196 Å². The summed E-state index contributed by atoms with van der Waals surface area (Å²) in [5.74, 6) is 1.50. The SMILES string of the molecule is Cn1cc(-c2cc(-c3cnc(N4[C@@H]5CC6C[C@H]4CC(O)(C6)C5)cn3)c3c(C#N)cnn3c2)cn1. The number of hydrogen-bond donors (Lipinski definition) is 1. The second kappa shape index (κ2) is 6.87. The summed E-state index contributed by atoms with van der Waals surface area (Å²) in [5, 5.41) is 29.3. The normalized spacial score (nSPS) is 27.4. The number of piperidine rings is 2. The van der Waals surface area contributed by atoms with E-state index in [0.717, 1.165) is 54.6 Å². The van der Waals surface area contributed by atoms with Gasteiger partial charge in [0.15, 0.2) is 0 Å². The molecule has 0 amide bonds. The molecule has 4 aliphatic rings. The lowest BCUT2D eigenvalue weighted by Crippen LogP contribution is -2.64. The van der Waals surface area contributed by atoms with Gasteiger partial charge in [-0.25, -0.2) is 9.50 Å². The average molecular weight is 453 g/mol. The van der Waals surface area contributed by atoms with Crippen molar-refractivity contribution >= 4 is 11.3 Å². The molecule has 2 aliphatic heterocycles. The van der Waals surface area contributed by atoms with Crippen LogP contribution in [0.3, 0.4) is 0 Å². The van der Waals surface area contributed by atoms with E-state index in [2.05, 4.69) is 21.2 Å². The summed E-state index contributed by atoms with van der Waals surface area (Å²) in [6.45, 7) is 0. The van der Waals surface area contributed by atoms with Crippen molar-refractivity contribution in [2.75, 3.05) is 4.90 Å². The zero-order valence-corrected chi connectivity index (χ0v) is 18.8. The van der Waals surface area contributed by atoms with E-state index < -0.39 is 5.60 Å². The maximum atomic E-state index is 10.9.